The third kappa shape index (κ3) is 4.08. The van der Waals surface area contributed by atoms with Crippen LogP contribution in [0.25, 0.3) is 17.0 Å². The van der Waals surface area contributed by atoms with Gasteiger partial charge in [-0.1, -0.05) is 29.6 Å². The number of aromatic nitrogens is 1. The standard InChI is InChI=1S/C19H18Cl2N2O3.Na/c20-11-7-13(21)17-12(18(19(25)26)23-15(17)8-11)3-4-16(24)22-14-6-9-1-2-10(14)5-9;/h3-4,7-10,14,23H,1-2,5-6H2,(H,22,24)(H,25,26);/q;+1/p-1/b4-3+;/t9-,10+,14-;/m1./s1. The Morgan fingerprint density at radius 3 is 2.63 bits per heavy atom. The van der Waals surface area contributed by atoms with Gasteiger partial charge in [-0.2, -0.15) is 0 Å². The van der Waals surface area contributed by atoms with Crippen molar-refractivity contribution in [2.45, 2.75) is 31.7 Å². The molecule has 2 fully saturated rings. The Labute approximate surface area is 188 Å². The second-order valence-corrected chi connectivity index (χ2v) is 7.98. The number of hydrogen-bond donors (Lipinski definition) is 2. The van der Waals surface area contributed by atoms with Gasteiger partial charge in [0, 0.05) is 33.6 Å². The zero-order valence-corrected chi connectivity index (χ0v) is 18.4. The van der Waals surface area contributed by atoms with Gasteiger partial charge in [0.25, 0.3) is 0 Å². The fourth-order valence-corrected chi connectivity index (χ4v) is 5.01. The molecule has 0 spiro atoms. The van der Waals surface area contributed by atoms with Gasteiger partial charge in [-0.25, -0.2) is 0 Å². The predicted octanol–water partition coefficient (Wildman–Crippen LogP) is 0.160. The van der Waals surface area contributed by atoms with E-state index in [9.17, 15) is 14.7 Å². The first kappa shape index (κ1) is 20.7. The molecule has 0 saturated heterocycles. The summed E-state index contributed by atoms with van der Waals surface area (Å²) in [6.45, 7) is 0. The average Bonchev–Trinajstić information content (AvgIpc) is 3.26. The summed E-state index contributed by atoms with van der Waals surface area (Å²) in [6.07, 6.45) is 7.48. The van der Waals surface area contributed by atoms with E-state index in [1.807, 2.05) is 0 Å². The molecule has 136 valence electrons. The Morgan fingerprint density at radius 2 is 2.00 bits per heavy atom. The zero-order chi connectivity index (χ0) is 18.4. The number of carboxylic acids is 1. The van der Waals surface area contributed by atoms with Crippen LogP contribution < -0.4 is 40.0 Å². The van der Waals surface area contributed by atoms with Crippen LogP contribution in [-0.2, 0) is 4.79 Å². The molecule has 2 aliphatic rings. The van der Waals surface area contributed by atoms with Crippen LogP contribution >= 0.6 is 23.2 Å². The first-order chi connectivity index (χ1) is 12.4. The van der Waals surface area contributed by atoms with Crippen molar-refractivity contribution in [2.75, 3.05) is 0 Å². The van der Waals surface area contributed by atoms with Crippen LogP contribution in [-0.4, -0.2) is 22.9 Å². The van der Waals surface area contributed by atoms with Crippen LogP contribution in [0.5, 0.6) is 0 Å². The smallest absolute Gasteiger partial charge is 0.543 e. The fourth-order valence-electron chi connectivity index (χ4n) is 4.41. The van der Waals surface area contributed by atoms with Crippen LogP contribution in [0.1, 0.15) is 41.7 Å². The maximum Gasteiger partial charge on any atom is 1.00 e. The average molecular weight is 415 g/mol. The molecular formula is C19H17Cl2N2NaO3. The van der Waals surface area contributed by atoms with E-state index in [0.29, 0.717) is 32.4 Å². The van der Waals surface area contributed by atoms with Crippen LogP contribution in [0.15, 0.2) is 18.2 Å². The van der Waals surface area contributed by atoms with Crippen molar-refractivity contribution in [3.8, 4) is 0 Å². The minimum atomic E-state index is -1.37. The number of carbonyl (C=O) groups excluding carboxylic acids is 2. The maximum absolute atomic E-state index is 12.3. The van der Waals surface area contributed by atoms with E-state index < -0.39 is 5.97 Å². The molecular weight excluding hydrogens is 398 g/mol. The number of halogens is 2. The maximum atomic E-state index is 12.3. The summed E-state index contributed by atoms with van der Waals surface area (Å²) in [5.41, 5.74) is 0.660. The topological polar surface area (TPSA) is 85.0 Å². The van der Waals surface area contributed by atoms with Crippen molar-refractivity contribution in [1.29, 1.82) is 0 Å². The van der Waals surface area contributed by atoms with Crippen LogP contribution in [0.2, 0.25) is 10.0 Å². The third-order valence-electron chi connectivity index (χ3n) is 5.52. The number of rotatable bonds is 4. The SMILES string of the molecule is O=C(/C=C/c1c(C(=O)[O-])[nH]c2cc(Cl)cc(Cl)c12)N[C@@H]1C[C@@H]2CC[C@H]1C2.[Na+]. The number of hydrogen-bond acceptors (Lipinski definition) is 3. The molecule has 3 atom stereocenters. The minimum Gasteiger partial charge on any atom is -0.543 e. The van der Waals surface area contributed by atoms with Crippen molar-refractivity contribution in [1.82, 2.24) is 10.3 Å². The molecule has 2 bridgehead atoms. The van der Waals surface area contributed by atoms with Crippen molar-refractivity contribution in [3.63, 3.8) is 0 Å². The third-order valence-corrected chi connectivity index (χ3v) is 6.04. The second-order valence-electron chi connectivity index (χ2n) is 7.13. The summed E-state index contributed by atoms with van der Waals surface area (Å²) in [6, 6.07) is 3.34. The first-order valence-electron chi connectivity index (χ1n) is 8.63. The molecule has 0 aliphatic heterocycles. The number of aromatic amines is 1. The van der Waals surface area contributed by atoms with Gasteiger partial charge in [0.15, 0.2) is 0 Å². The number of carboxylic acid groups (broad SMARTS) is 1. The van der Waals surface area contributed by atoms with E-state index in [4.69, 9.17) is 23.2 Å². The van der Waals surface area contributed by atoms with E-state index in [0.717, 1.165) is 12.3 Å². The molecule has 0 radical (unpaired) electrons. The Hall–Kier alpha value is -0.980. The number of benzene rings is 1. The summed E-state index contributed by atoms with van der Waals surface area (Å²) in [5.74, 6) is -0.301. The summed E-state index contributed by atoms with van der Waals surface area (Å²) >= 11 is 12.2. The van der Waals surface area contributed by atoms with E-state index in [-0.39, 0.29) is 47.2 Å². The number of carbonyl (C=O) groups is 2. The fraction of sp³-hybridized carbons (Fsp3) is 0.368. The summed E-state index contributed by atoms with van der Waals surface area (Å²) in [5, 5.41) is 15.7. The number of fused-ring (bicyclic) bond motifs is 3. The number of aromatic carboxylic acids is 1. The zero-order valence-electron chi connectivity index (χ0n) is 14.9. The second kappa shape index (κ2) is 8.18. The number of H-pyrrole nitrogens is 1. The van der Waals surface area contributed by atoms with Gasteiger partial charge in [0.05, 0.1) is 16.7 Å². The van der Waals surface area contributed by atoms with Gasteiger partial charge in [-0.3, -0.25) is 4.79 Å². The normalized spacial score (nSPS) is 23.7. The Morgan fingerprint density at radius 1 is 1.22 bits per heavy atom. The van der Waals surface area contributed by atoms with Gasteiger partial charge in [0.1, 0.15) is 0 Å². The van der Waals surface area contributed by atoms with E-state index in [1.165, 1.54) is 37.5 Å². The molecule has 27 heavy (non-hydrogen) atoms. The molecule has 0 unspecified atom stereocenters. The van der Waals surface area contributed by atoms with Gasteiger partial charge in [-0.05, 0) is 49.3 Å². The van der Waals surface area contributed by atoms with Crippen molar-refractivity contribution in [2.24, 2.45) is 11.8 Å². The van der Waals surface area contributed by atoms with Crippen LogP contribution in [0.3, 0.4) is 0 Å². The van der Waals surface area contributed by atoms with E-state index in [2.05, 4.69) is 10.3 Å². The van der Waals surface area contributed by atoms with Crippen molar-refractivity contribution >= 4 is 52.1 Å². The quantitative estimate of drug-likeness (QED) is 0.551. The minimum absolute atomic E-state index is 0. The predicted molar refractivity (Wildman–Crippen MR) is 99.1 cm³/mol. The van der Waals surface area contributed by atoms with Gasteiger partial charge >= 0.3 is 29.6 Å². The molecule has 1 amide bonds. The largest absolute Gasteiger partial charge is 1.00 e. The Kier molecular flexibility index (Phi) is 6.28. The molecule has 5 nitrogen and oxygen atoms in total. The van der Waals surface area contributed by atoms with Gasteiger partial charge < -0.3 is 20.2 Å². The van der Waals surface area contributed by atoms with Gasteiger partial charge in [0.2, 0.25) is 5.91 Å². The number of nitrogens with one attached hydrogen (secondary N) is 2. The molecule has 8 heteroatoms. The molecule has 1 aromatic heterocycles. The van der Waals surface area contributed by atoms with E-state index >= 15 is 0 Å². The van der Waals surface area contributed by atoms with Crippen LogP contribution in [0, 0.1) is 11.8 Å². The summed E-state index contributed by atoms with van der Waals surface area (Å²) in [7, 11) is 0. The van der Waals surface area contributed by atoms with Crippen molar-refractivity contribution < 1.29 is 44.3 Å². The monoisotopic (exact) mass is 414 g/mol. The Bertz CT molecular complexity index is 941. The molecule has 1 aromatic carbocycles. The molecule has 2 N–H and O–H groups in total. The van der Waals surface area contributed by atoms with Gasteiger partial charge in [-0.15, -0.1) is 0 Å². The summed E-state index contributed by atoms with van der Waals surface area (Å²) in [4.78, 5) is 26.5. The number of amides is 1. The molecule has 1 heterocycles. The molecule has 4 rings (SSSR count). The molecule has 2 aliphatic carbocycles. The van der Waals surface area contributed by atoms with E-state index in [1.54, 1.807) is 6.07 Å². The first-order valence-corrected chi connectivity index (χ1v) is 9.38. The Balaban J connectivity index is 0.00000210. The summed E-state index contributed by atoms with van der Waals surface area (Å²) < 4.78 is 0. The van der Waals surface area contributed by atoms with Crippen LogP contribution in [0.4, 0.5) is 0 Å². The van der Waals surface area contributed by atoms with Crippen molar-refractivity contribution in [3.05, 3.63) is 39.5 Å². The molecule has 2 saturated carbocycles. The molecule has 2 aromatic rings.